The maximum Gasteiger partial charge on any atom is 0.419 e. The zero-order chi connectivity index (χ0) is 30.3. The first-order valence-electron chi connectivity index (χ1n) is 12.9. The molecular formula is C30H30Cl2N2O6S2. The van der Waals surface area contributed by atoms with E-state index in [2.05, 4.69) is 0 Å². The van der Waals surface area contributed by atoms with Crippen LogP contribution < -0.4 is 20.9 Å². The molecule has 0 aliphatic heterocycles. The minimum Gasteiger partial charge on any atom is -0.482 e. The fourth-order valence-corrected chi connectivity index (χ4v) is 6.21. The molecule has 2 heterocycles. The first-order valence-corrected chi connectivity index (χ1v) is 15.4. The number of rotatable bonds is 12. The number of esters is 2. The van der Waals surface area contributed by atoms with Crippen molar-refractivity contribution in [3.63, 3.8) is 0 Å². The Morgan fingerprint density at radius 1 is 0.690 bits per heavy atom. The zero-order valence-electron chi connectivity index (χ0n) is 22.8. The summed E-state index contributed by atoms with van der Waals surface area (Å²) in [6, 6.07) is 21.2. The van der Waals surface area contributed by atoms with Gasteiger partial charge in [0.1, 0.15) is 22.7 Å². The van der Waals surface area contributed by atoms with Crippen molar-refractivity contribution in [3.8, 4) is 11.5 Å². The molecule has 0 fully saturated rings. The average Bonchev–Trinajstić information content (AvgIpc) is 3.67. The molecule has 4 atom stereocenters. The van der Waals surface area contributed by atoms with E-state index >= 15 is 0 Å². The Morgan fingerprint density at radius 2 is 1.05 bits per heavy atom. The van der Waals surface area contributed by atoms with E-state index in [1.165, 1.54) is 22.7 Å². The Hall–Kier alpha value is -3.12. The van der Waals surface area contributed by atoms with Gasteiger partial charge in [0.15, 0.2) is 12.5 Å². The van der Waals surface area contributed by atoms with Gasteiger partial charge in [0.05, 0.1) is 0 Å². The van der Waals surface area contributed by atoms with Crippen LogP contribution in [0.4, 0.5) is 0 Å². The van der Waals surface area contributed by atoms with Crippen molar-refractivity contribution in [2.75, 3.05) is 0 Å². The topological polar surface area (TPSA) is 123 Å². The normalized spacial score (nSPS) is 15.5. The molecule has 12 heteroatoms. The second-order valence-electron chi connectivity index (χ2n) is 9.82. The molecule has 0 radical (unpaired) electrons. The van der Waals surface area contributed by atoms with Gasteiger partial charge in [-0.25, -0.2) is 9.59 Å². The molecule has 0 amide bonds. The van der Waals surface area contributed by atoms with Gasteiger partial charge in [0, 0.05) is 32.6 Å². The number of ether oxygens (including phenoxy) is 4. The molecule has 8 nitrogen and oxygen atoms in total. The van der Waals surface area contributed by atoms with Crippen LogP contribution >= 0.6 is 45.9 Å². The largest absolute Gasteiger partial charge is 0.482 e. The van der Waals surface area contributed by atoms with Gasteiger partial charge in [-0.3, -0.25) is 11.5 Å². The molecule has 4 N–H and O–H groups in total. The Morgan fingerprint density at radius 3 is 1.36 bits per heavy atom. The predicted octanol–water partition coefficient (Wildman–Crippen LogP) is 6.84. The van der Waals surface area contributed by atoms with Crippen LogP contribution in [0.2, 0.25) is 10.0 Å². The van der Waals surface area contributed by atoms with Gasteiger partial charge in [-0.1, -0.05) is 35.3 Å². The van der Waals surface area contributed by atoms with E-state index in [1.54, 1.807) is 48.5 Å². The number of benzene rings is 2. The molecule has 4 unspecified atom stereocenters. The highest BCUT2D eigenvalue weighted by molar-refractivity contribution is 7.10. The fourth-order valence-electron chi connectivity index (χ4n) is 4.29. The first-order chi connectivity index (χ1) is 20.0. The summed E-state index contributed by atoms with van der Waals surface area (Å²) in [5.74, 6) is -1.44. The number of hydrogen-bond donors (Lipinski definition) is 2. The number of nitrogens with two attached hydrogens (primary N) is 2. The summed E-state index contributed by atoms with van der Waals surface area (Å²) in [4.78, 5) is 27.0. The Kier molecular flexibility index (Phi) is 10.5. The Labute approximate surface area is 262 Å². The summed E-state index contributed by atoms with van der Waals surface area (Å²) in [7, 11) is 0. The molecule has 0 aliphatic carbocycles. The maximum atomic E-state index is 12.6. The average molecular weight is 650 g/mol. The zero-order valence-corrected chi connectivity index (χ0v) is 26.0. The van der Waals surface area contributed by atoms with E-state index in [-0.39, 0.29) is 12.8 Å². The Balaban J connectivity index is 1.38. The second kappa shape index (κ2) is 13.9. The molecule has 222 valence electrons. The lowest BCUT2D eigenvalue weighted by atomic mass is 9.98. The van der Waals surface area contributed by atoms with Crippen LogP contribution in [-0.4, -0.2) is 24.4 Å². The molecule has 4 rings (SSSR count). The lowest BCUT2D eigenvalue weighted by Gasteiger charge is -2.32. The summed E-state index contributed by atoms with van der Waals surface area (Å²) in [5, 5.41) is 4.93. The third-order valence-corrected chi connectivity index (χ3v) is 9.00. The third-order valence-electron chi connectivity index (χ3n) is 6.26. The van der Waals surface area contributed by atoms with Crippen LogP contribution in [-0.2, 0) is 30.3 Å². The second-order valence-corrected chi connectivity index (χ2v) is 12.6. The van der Waals surface area contributed by atoms with E-state index < -0.39 is 35.6 Å². The van der Waals surface area contributed by atoms with Gasteiger partial charge in [-0.05, 0) is 85.3 Å². The van der Waals surface area contributed by atoms with Crippen LogP contribution in [0.15, 0.2) is 83.6 Å². The monoisotopic (exact) mass is 648 g/mol. The van der Waals surface area contributed by atoms with Gasteiger partial charge < -0.3 is 18.9 Å². The number of halogens is 2. The van der Waals surface area contributed by atoms with Crippen LogP contribution in [0, 0.1) is 0 Å². The predicted molar refractivity (Wildman–Crippen MR) is 165 cm³/mol. The molecule has 2 aromatic carbocycles. The molecule has 0 saturated carbocycles. The SMILES string of the molecule is CC(CC(N)OC(=O)C(=O)OC(N)CC(C)(Oc1ccc(Cl)cc1)c1cccs1)(Oc1ccc(Cl)cc1)c1cccs1. The highest BCUT2D eigenvalue weighted by Gasteiger charge is 2.37. The third kappa shape index (κ3) is 8.47. The van der Waals surface area contributed by atoms with Crippen molar-refractivity contribution in [1.29, 1.82) is 0 Å². The van der Waals surface area contributed by atoms with E-state index in [4.69, 9.17) is 53.6 Å². The quantitative estimate of drug-likeness (QED) is 0.0972. The van der Waals surface area contributed by atoms with Crippen LogP contribution in [0.5, 0.6) is 11.5 Å². The van der Waals surface area contributed by atoms with Crippen molar-refractivity contribution in [1.82, 2.24) is 0 Å². The maximum absolute atomic E-state index is 12.6. The van der Waals surface area contributed by atoms with Crippen molar-refractivity contribution in [2.24, 2.45) is 11.5 Å². The smallest absolute Gasteiger partial charge is 0.419 e. The summed E-state index contributed by atoms with van der Waals surface area (Å²) in [5.41, 5.74) is 10.4. The summed E-state index contributed by atoms with van der Waals surface area (Å²) in [6.07, 6.45) is -2.28. The lowest BCUT2D eigenvalue weighted by Crippen LogP contribution is -2.43. The molecule has 2 aromatic heterocycles. The summed E-state index contributed by atoms with van der Waals surface area (Å²) < 4.78 is 23.0. The van der Waals surface area contributed by atoms with Gasteiger partial charge in [-0.15, -0.1) is 22.7 Å². The minimum absolute atomic E-state index is 0.0482. The number of hydrogen-bond acceptors (Lipinski definition) is 10. The van der Waals surface area contributed by atoms with E-state index in [0.717, 1.165) is 9.75 Å². The highest BCUT2D eigenvalue weighted by atomic mass is 35.5. The molecular weight excluding hydrogens is 619 g/mol. The van der Waals surface area contributed by atoms with Crippen LogP contribution in [0.3, 0.4) is 0 Å². The van der Waals surface area contributed by atoms with Crippen LogP contribution in [0.25, 0.3) is 0 Å². The number of thiophene rings is 2. The molecule has 4 aromatic rings. The number of carbonyl (C=O) groups excluding carboxylic acids is 2. The minimum atomic E-state index is -1.27. The summed E-state index contributed by atoms with van der Waals surface area (Å²) in [6.45, 7) is 3.64. The van der Waals surface area contributed by atoms with Crippen molar-refractivity contribution < 1.29 is 28.5 Å². The molecule has 0 spiro atoms. The van der Waals surface area contributed by atoms with Gasteiger partial charge in [-0.2, -0.15) is 0 Å². The molecule has 0 aliphatic rings. The molecule has 42 heavy (non-hydrogen) atoms. The standard InChI is InChI=1S/C30H30Cl2N2O6S2/c1-29(23-5-3-15-41-23,39-21-11-7-19(31)8-12-21)17-25(33)37-27(35)28(36)38-26(34)18-30(2,24-6-4-16-42-24)40-22-13-9-20(32)10-14-22/h3-16,25-26H,17-18,33-34H2,1-2H3. The van der Waals surface area contributed by atoms with Crippen molar-refractivity contribution in [3.05, 3.63) is 103 Å². The van der Waals surface area contributed by atoms with Gasteiger partial charge in [0.2, 0.25) is 0 Å². The van der Waals surface area contributed by atoms with Crippen molar-refractivity contribution >= 4 is 57.8 Å². The van der Waals surface area contributed by atoms with E-state index in [1.807, 2.05) is 48.9 Å². The van der Waals surface area contributed by atoms with E-state index in [9.17, 15) is 9.59 Å². The van der Waals surface area contributed by atoms with Crippen LogP contribution in [0.1, 0.15) is 36.4 Å². The highest BCUT2D eigenvalue weighted by Crippen LogP contribution is 2.37. The summed E-state index contributed by atoms with van der Waals surface area (Å²) >= 11 is 14.9. The first kappa shape index (κ1) is 31.8. The van der Waals surface area contributed by atoms with E-state index in [0.29, 0.717) is 21.5 Å². The number of carbonyl (C=O) groups is 2. The van der Waals surface area contributed by atoms with Gasteiger partial charge in [0.25, 0.3) is 0 Å². The fraction of sp³-hybridized carbons (Fsp3) is 0.267. The van der Waals surface area contributed by atoms with Gasteiger partial charge >= 0.3 is 11.9 Å². The lowest BCUT2D eigenvalue weighted by molar-refractivity contribution is -0.176. The van der Waals surface area contributed by atoms with Crippen molar-refractivity contribution in [2.45, 2.75) is 50.3 Å². The Bertz CT molecular complexity index is 1340. The molecule has 0 saturated heterocycles. The molecule has 0 bridgehead atoms.